The van der Waals surface area contributed by atoms with Gasteiger partial charge in [0.05, 0.1) is 19.3 Å². The van der Waals surface area contributed by atoms with Crippen LogP contribution in [-0.4, -0.2) is 46.4 Å². The molecule has 0 spiro atoms. The smallest absolute Gasteiger partial charge is 0.306 e. The van der Waals surface area contributed by atoms with Gasteiger partial charge in [-0.3, -0.25) is 4.79 Å². The Balaban J connectivity index is 2.29. The summed E-state index contributed by atoms with van der Waals surface area (Å²) < 4.78 is 29.4. The highest BCUT2D eigenvalue weighted by atomic mass is 32.2. The Hall–Kier alpha value is -0.660. The number of ether oxygens (including phenoxy) is 1. The van der Waals surface area contributed by atoms with Gasteiger partial charge in [-0.15, -0.1) is 0 Å². The SMILES string of the molecule is COC(=O)CCS(=O)(=O)NC1CNC1. The van der Waals surface area contributed by atoms with Gasteiger partial charge in [0.15, 0.2) is 0 Å². The molecule has 6 nitrogen and oxygen atoms in total. The molecule has 7 heteroatoms. The van der Waals surface area contributed by atoms with E-state index in [-0.39, 0.29) is 18.2 Å². The van der Waals surface area contributed by atoms with Crippen LogP contribution in [0.3, 0.4) is 0 Å². The molecule has 1 aliphatic rings. The highest BCUT2D eigenvalue weighted by Crippen LogP contribution is 1.97. The van der Waals surface area contributed by atoms with E-state index >= 15 is 0 Å². The number of hydrogen-bond donors (Lipinski definition) is 2. The van der Waals surface area contributed by atoms with Crippen LogP contribution in [0.15, 0.2) is 0 Å². The van der Waals surface area contributed by atoms with Crippen molar-refractivity contribution < 1.29 is 17.9 Å². The second-order valence-corrected chi connectivity index (χ2v) is 4.99. The Morgan fingerprint density at radius 2 is 2.21 bits per heavy atom. The van der Waals surface area contributed by atoms with E-state index in [1.54, 1.807) is 0 Å². The fraction of sp³-hybridized carbons (Fsp3) is 0.857. The largest absolute Gasteiger partial charge is 0.469 e. The molecular weight excluding hydrogens is 208 g/mol. The maximum atomic E-state index is 11.3. The molecule has 0 radical (unpaired) electrons. The highest BCUT2D eigenvalue weighted by molar-refractivity contribution is 7.89. The van der Waals surface area contributed by atoms with Gasteiger partial charge in [-0.1, -0.05) is 0 Å². The lowest BCUT2D eigenvalue weighted by molar-refractivity contribution is -0.140. The number of carbonyl (C=O) groups excluding carboxylic acids is 1. The number of methoxy groups -OCH3 is 1. The van der Waals surface area contributed by atoms with Crippen LogP contribution in [0, 0.1) is 0 Å². The van der Waals surface area contributed by atoms with Gasteiger partial charge < -0.3 is 10.1 Å². The van der Waals surface area contributed by atoms with Gasteiger partial charge in [0.2, 0.25) is 10.0 Å². The molecule has 1 heterocycles. The van der Waals surface area contributed by atoms with E-state index in [0.29, 0.717) is 13.1 Å². The molecule has 0 amide bonds. The first-order valence-electron chi connectivity index (χ1n) is 4.31. The first-order valence-corrected chi connectivity index (χ1v) is 5.96. The number of rotatable bonds is 5. The molecule has 1 rings (SSSR count). The molecule has 0 aromatic carbocycles. The van der Waals surface area contributed by atoms with E-state index in [9.17, 15) is 13.2 Å². The third-order valence-corrected chi connectivity index (χ3v) is 3.36. The van der Waals surface area contributed by atoms with Gasteiger partial charge in [-0.25, -0.2) is 13.1 Å². The van der Waals surface area contributed by atoms with Gasteiger partial charge in [0.25, 0.3) is 0 Å². The maximum absolute atomic E-state index is 11.3. The third kappa shape index (κ3) is 3.60. The Kier molecular flexibility index (Phi) is 3.85. The minimum atomic E-state index is -3.34. The number of carbonyl (C=O) groups is 1. The van der Waals surface area contributed by atoms with E-state index in [1.807, 2.05) is 0 Å². The molecule has 0 saturated carbocycles. The molecule has 1 aliphatic heterocycles. The van der Waals surface area contributed by atoms with Crippen molar-refractivity contribution in [3.63, 3.8) is 0 Å². The highest BCUT2D eigenvalue weighted by Gasteiger charge is 2.23. The summed E-state index contributed by atoms with van der Waals surface area (Å²) in [5.41, 5.74) is 0. The summed E-state index contributed by atoms with van der Waals surface area (Å²) in [7, 11) is -2.10. The van der Waals surface area contributed by atoms with E-state index in [4.69, 9.17) is 0 Å². The first-order chi connectivity index (χ1) is 6.53. The van der Waals surface area contributed by atoms with Gasteiger partial charge in [-0.2, -0.15) is 0 Å². The zero-order valence-electron chi connectivity index (χ0n) is 7.95. The fourth-order valence-electron chi connectivity index (χ4n) is 1.00. The summed E-state index contributed by atoms with van der Waals surface area (Å²) in [4.78, 5) is 10.7. The molecule has 0 atom stereocenters. The average molecular weight is 222 g/mol. The van der Waals surface area contributed by atoms with Crippen LogP contribution in [-0.2, 0) is 19.6 Å². The molecular formula is C7H14N2O4S. The van der Waals surface area contributed by atoms with Crippen LogP contribution >= 0.6 is 0 Å². The van der Waals surface area contributed by atoms with Crippen molar-refractivity contribution in [2.75, 3.05) is 26.0 Å². The second kappa shape index (κ2) is 4.72. The van der Waals surface area contributed by atoms with Crippen molar-refractivity contribution in [1.29, 1.82) is 0 Å². The molecule has 82 valence electrons. The molecule has 14 heavy (non-hydrogen) atoms. The molecule has 1 fully saturated rings. The summed E-state index contributed by atoms with van der Waals surface area (Å²) in [6, 6.07) is -0.0300. The van der Waals surface area contributed by atoms with E-state index < -0.39 is 16.0 Å². The first kappa shape index (κ1) is 11.4. The lowest BCUT2D eigenvalue weighted by Gasteiger charge is -2.27. The Morgan fingerprint density at radius 3 is 2.64 bits per heavy atom. The van der Waals surface area contributed by atoms with Gasteiger partial charge in [0, 0.05) is 19.1 Å². The van der Waals surface area contributed by atoms with Gasteiger partial charge in [-0.05, 0) is 0 Å². The van der Waals surface area contributed by atoms with E-state index in [2.05, 4.69) is 14.8 Å². The number of esters is 1. The summed E-state index contributed by atoms with van der Waals surface area (Å²) in [5.74, 6) is -0.724. The number of nitrogens with one attached hydrogen (secondary N) is 2. The predicted molar refractivity (Wildman–Crippen MR) is 50.2 cm³/mol. The molecule has 2 N–H and O–H groups in total. The van der Waals surface area contributed by atoms with Crippen LogP contribution < -0.4 is 10.0 Å². The maximum Gasteiger partial charge on any atom is 0.306 e. The van der Waals surface area contributed by atoms with Crippen molar-refractivity contribution in [1.82, 2.24) is 10.0 Å². The fourth-order valence-corrected chi connectivity index (χ4v) is 2.23. The van der Waals surface area contributed by atoms with Crippen LogP contribution in [0.2, 0.25) is 0 Å². The normalized spacial score (nSPS) is 17.5. The average Bonchev–Trinajstić information content (AvgIpc) is 2.08. The van der Waals surface area contributed by atoms with Crippen LogP contribution in [0.1, 0.15) is 6.42 Å². The second-order valence-electron chi connectivity index (χ2n) is 3.12. The summed E-state index contributed by atoms with van der Waals surface area (Å²) in [6.07, 6.45) is -0.105. The van der Waals surface area contributed by atoms with Gasteiger partial charge >= 0.3 is 5.97 Å². The third-order valence-electron chi connectivity index (χ3n) is 1.93. The van der Waals surface area contributed by atoms with Gasteiger partial charge in [0.1, 0.15) is 0 Å². The Morgan fingerprint density at radius 1 is 1.57 bits per heavy atom. The molecule has 0 bridgehead atoms. The topological polar surface area (TPSA) is 84.5 Å². The molecule has 1 saturated heterocycles. The quantitative estimate of drug-likeness (QED) is 0.550. The zero-order chi connectivity index (χ0) is 10.6. The lowest BCUT2D eigenvalue weighted by Crippen LogP contribution is -2.57. The van der Waals surface area contributed by atoms with E-state index in [0.717, 1.165) is 0 Å². The standard InChI is InChI=1S/C7H14N2O4S/c1-13-7(10)2-3-14(11,12)9-6-4-8-5-6/h6,8-9H,2-5H2,1H3. The summed E-state index contributed by atoms with van der Waals surface area (Å²) in [6.45, 7) is 1.30. The van der Waals surface area contributed by atoms with Crippen LogP contribution in [0.4, 0.5) is 0 Å². The number of sulfonamides is 1. The van der Waals surface area contributed by atoms with Crippen molar-refractivity contribution in [3.8, 4) is 0 Å². The van der Waals surface area contributed by atoms with Crippen molar-refractivity contribution >= 4 is 16.0 Å². The van der Waals surface area contributed by atoms with Crippen molar-refractivity contribution in [2.24, 2.45) is 0 Å². The summed E-state index contributed by atoms with van der Waals surface area (Å²) in [5, 5.41) is 2.94. The Labute approximate surface area is 83.1 Å². The van der Waals surface area contributed by atoms with Crippen molar-refractivity contribution in [2.45, 2.75) is 12.5 Å². The molecule has 0 unspecified atom stereocenters. The van der Waals surface area contributed by atoms with Crippen LogP contribution in [0.5, 0.6) is 0 Å². The monoisotopic (exact) mass is 222 g/mol. The van der Waals surface area contributed by atoms with Crippen molar-refractivity contribution in [3.05, 3.63) is 0 Å². The molecule has 0 aliphatic carbocycles. The summed E-state index contributed by atoms with van der Waals surface area (Å²) >= 11 is 0. The Bertz CT molecular complexity index is 297. The minimum absolute atomic E-state index is 0.0300. The lowest BCUT2D eigenvalue weighted by atomic mass is 10.2. The number of hydrogen-bond acceptors (Lipinski definition) is 5. The minimum Gasteiger partial charge on any atom is -0.469 e. The van der Waals surface area contributed by atoms with Crippen LogP contribution in [0.25, 0.3) is 0 Å². The molecule has 0 aromatic rings. The molecule has 0 aromatic heterocycles. The predicted octanol–water partition coefficient (Wildman–Crippen LogP) is -1.56. The zero-order valence-corrected chi connectivity index (χ0v) is 8.76. The van der Waals surface area contributed by atoms with E-state index in [1.165, 1.54) is 7.11 Å².